The highest BCUT2D eigenvalue weighted by molar-refractivity contribution is 9.11. The Kier molecular flexibility index (Phi) is 3.46. The van der Waals surface area contributed by atoms with E-state index in [2.05, 4.69) is 39.5 Å². The van der Waals surface area contributed by atoms with E-state index in [1.165, 1.54) is 16.7 Å². The lowest BCUT2D eigenvalue weighted by atomic mass is 9.77. The average molecular weight is 336 g/mol. The van der Waals surface area contributed by atoms with Crippen molar-refractivity contribution in [1.29, 1.82) is 0 Å². The Morgan fingerprint density at radius 1 is 1.47 bits per heavy atom. The van der Waals surface area contributed by atoms with Gasteiger partial charge < -0.3 is 4.90 Å². The van der Waals surface area contributed by atoms with Gasteiger partial charge in [0.2, 0.25) is 5.91 Å². The molecule has 0 bridgehead atoms. The number of nitrogens with zero attached hydrogens (tertiary/aromatic N) is 1. The SMILES string of the molecule is CN(Cc1csc(Br)c1)C(=O)C1Cc2ccccc21. The van der Waals surface area contributed by atoms with Gasteiger partial charge in [0.05, 0.1) is 9.70 Å². The molecule has 98 valence electrons. The van der Waals surface area contributed by atoms with E-state index < -0.39 is 0 Å². The molecule has 1 heterocycles. The molecule has 4 heteroatoms. The van der Waals surface area contributed by atoms with Crippen LogP contribution in [0.15, 0.2) is 39.5 Å². The number of halogens is 1. The molecule has 1 aromatic heterocycles. The Balaban J connectivity index is 1.69. The Bertz CT molecular complexity index is 622. The summed E-state index contributed by atoms with van der Waals surface area (Å²) in [6.07, 6.45) is 0.882. The predicted octanol–water partition coefficient (Wildman–Crippen LogP) is 3.81. The zero-order valence-electron chi connectivity index (χ0n) is 10.6. The number of hydrogen-bond acceptors (Lipinski definition) is 2. The molecular weight excluding hydrogens is 322 g/mol. The fourth-order valence-electron chi connectivity index (χ4n) is 2.53. The molecule has 1 amide bonds. The number of benzene rings is 1. The maximum absolute atomic E-state index is 12.4. The van der Waals surface area contributed by atoms with Gasteiger partial charge in [0.1, 0.15) is 0 Å². The first-order valence-electron chi connectivity index (χ1n) is 6.21. The van der Waals surface area contributed by atoms with E-state index in [4.69, 9.17) is 0 Å². The fraction of sp³-hybridized carbons (Fsp3) is 0.267. The van der Waals surface area contributed by atoms with Crippen molar-refractivity contribution in [3.63, 3.8) is 0 Å². The summed E-state index contributed by atoms with van der Waals surface area (Å²) in [6, 6.07) is 10.3. The van der Waals surface area contributed by atoms with E-state index in [9.17, 15) is 4.79 Å². The van der Waals surface area contributed by atoms with Gasteiger partial charge in [0.25, 0.3) is 0 Å². The second-order valence-corrected chi connectivity index (χ2v) is 7.20. The Morgan fingerprint density at radius 2 is 2.26 bits per heavy atom. The number of fused-ring (bicyclic) bond motifs is 1. The third-order valence-corrected chi connectivity index (χ3v) is 5.12. The van der Waals surface area contributed by atoms with Gasteiger partial charge in [-0.2, -0.15) is 0 Å². The minimum absolute atomic E-state index is 0.0586. The van der Waals surface area contributed by atoms with Gasteiger partial charge in [0.15, 0.2) is 0 Å². The van der Waals surface area contributed by atoms with Crippen molar-refractivity contribution in [2.24, 2.45) is 0 Å². The van der Waals surface area contributed by atoms with Crippen LogP contribution < -0.4 is 0 Å². The number of likely N-dealkylation sites (N-methyl/N-ethyl adjacent to an activating group) is 1. The van der Waals surface area contributed by atoms with Crippen LogP contribution in [0.5, 0.6) is 0 Å². The maximum atomic E-state index is 12.4. The first-order valence-corrected chi connectivity index (χ1v) is 7.88. The molecule has 1 aliphatic rings. The zero-order chi connectivity index (χ0) is 13.4. The largest absolute Gasteiger partial charge is 0.341 e. The molecule has 2 nitrogen and oxygen atoms in total. The van der Waals surface area contributed by atoms with Crippen LogP contribution in [0.1, 0.15) is 22.6 Å². The molecule has 0 N–H and O–H groups in total. The first-order chi connectivity index (χ1) is 9.15. The molecule has 0 aliphatic heterocycles. The minimum atomic E-state index is 0.0586. The van der Waals surface area contributed by atoms with Crippen LogP contribution in [0.25, 0.3) is 0 Å². The van der Waals surface area contributed by atoms with Gasteiger partial charge in [-0.25, -0.2) is 0 Å². The summed E-state index contributed by atoms with van der Waals surface area (Å²) in [6.45, 7) is 0.680. The number of hydrogen-bond donors (Lipinski definition) is 0. The van der Waals surface area contributed by atoms with E-state index >= 15 is 0 Å². The van der Waals surface area contributed by atoms with Gasteiger partial charge in [-0.15, -0.1) is 11.3 Å². The van der Waals surface area contributed by atoms with Crippen LogP contribution >= 0.6 is 27.3 Å². The van der Waals surface area contributed by atoms with E-state index in [-0.39, 0.29) is 11.8 Å². The van der Waals surface area contributed by atoms with Crippen LogP contribution in [0.3, 0.4) is 0 Å². The highest BCUT2D eigenvalue weighted by Crippen LogP contribution is 2.36. The van der Waals surface area contributed by atoms with E-state index in [1.54, 1.807) is 11.3 Å². The summed E-state index contributed by atoms with van der Waals surface area (Å²) >= 11 is 5.10. The molecule has 3 rings (SSSR count). The highest BCUT2D eigenvalue weighted by atomic mass is 79.9. The second kappa shape index (κ2) is 5.10. The molecule has 2 aromatic rings. The number of rotatable bonds is 3. The molecule has 0 saturated heterocycles. The number of carbonyl (C=O) groups is 1. The maximum Gasteiger partial charge on any atom is 0.230 e. The van der Waals surface area contributed by atoms with Crippen molar-refractivity contribution >= 4 is 33.2 Å². The van der Waals surface area contributed by atoms with Crippen LogP contribution in [0.4, 0.5) is 0 Å². The lowest BCUT2D eigenvalue weighted by molar-refractivity contribution is -0.132. The van der Waals surface area contributed by atoms with E-state index in [0.29, 0.717) is 6.54 Å². The highest BCUT2D eigenvalue weighted by Gasteiger charge is 2.33. The normalized spacial score (nSPS) is 16.6. The van der Waals surface area contributed by atoms with Gasteiger partial charge in [0, 0.05) is 13.6 Å². The summed E-state index contributed by atoms with van der Waals surface area (Å²) < 4.78 is 1.11. The number of thiophene rings is 1. The van der Waals surface area contributed by atoms with Crippen molar-refractivity contribution in [2.45, 2.75) is 18.9 Å². The molecule has 19 heavy (non-hydrogen) atoms. The molecule has 1 aliphatic carbocycles. The Morgan fingerprint density at radius 3 is 2.95 bits per heavy atom. The standard InChI is InChI=1S/C15H14BrNOS/c1-17(8-10-6-14(16)19-9-10)15(18)13-7-11-4-2-3-5-12(11)13/h2-6,9,13H,7-8H2,1H3. The summed E-state index contributed by atoms with van der Waals surface area (Å²) in [5, 5.41) is 2.09. The van der Waals surface area contributed by atoms with Crippen molar-refractivity contribution in [3.8, 4) is 0 Å². The summed E-state index contributed by atoms with van der Waals surface area (Å²) in [7, 11) is 1.88. The van der Waals surface area contributed by atoms with Crippen molar-refractivity contribution in [1.82, 2.24) is 4.90 Å². The molecular formula is C15H14BrNOS. The van der Waals surface area contributed by atoms with Gasteiger partial charge in [-0.3, -0.25) is 4.79 Å². The topological polar surface area (TPSA) is 20.3 Å². The average Bonchev–Trinajstić information content (AvgIpc) is 2.76. The van der Waals surface area contributed by atoms with E-state index in [0.717, 1.165) is 10.2 Å². The van der Waals surface area contributed by atoms with Crippen molar-refractivity contribution in [2.75, 3.05) is 7.05 Å². The van der Waals surface area contributed by atoms with Gasteiger partial charge in [-0.05, 0) is 50.5 Å². The minimum Gasteiger partial charge on any atom is -0.341 e. The summed E-state index contributed by atoms with van der Waals surface area (Å²) in [5.74, 6) is 0.282. The van der Waals surface area contributed by atoms with Crippen molar-refractivity contribution < 1.29 is 4.79 Å². The van der Waals surface area contributed by atoms with Crippen LogP contribution in [-0.4, -0.2) is 17.9 Å². The fourth-order valence-corrected chi connectivity index (χ4v) is 3.73. The molecule has 0 fully saturated rings. The number of amides is 1. The lowest BCUT2D eigenvalue weighted by Gasteiger charge is -2.32. The lowest BCUT2D eigenvalue weighted by Crippen LogP contribution is -2.36. The molecule has 1 aromatic carbocycles. The third kappa shape index (κ3) is 2.47. The Hall–Kier alpha value is -1.13. The first kappa shape index (κ1) is 12.9. The van der Waals surface area contributed by atoms with Crippen LogP contribution in [0, 0.1) is 0 Å². The predicted molar refractivity (Wildman–Crippen MR) is 81.4 cm³/mol. The monoisotopic (exact) mass is 335 g/mol. The third-order valence-electron chi connectivity index (χ3n) is 3.57. The summed E-state index contributed by atoms with van der Waals surface area (Å²) in [5.41, 5.74) is 3.69. The van der Waals surface area contributed by atoms with Crippen LogP contribution in [-0.2, 0) is 17.8 Å². The Labute approximate surface area is 125 Å². The van der Waals surface area contributed by atoms with Crippen molar-refractivity contribution in [3.05, 3.63) is 56.2 Å². The quantitative estimate of drug-likeness (QED) is 0.835. The smallest absolute Gasteiger partial charge is 0.230 e. The van der Waals surface area contributed by atoms with E-state index in [1.807, 2.05) is 24.1 Å². The number of carbonyl (C=O) groups excluding carboxylic acids is 1. The van der Waals surface area contributed by atoms with Gasteiger partial charge in [-0.1, -0.05) is 24.3 Å². The molecule has 1 unspecified atom stereocenters. The molecule has 0 spiro atoms. The molecule has 0 radical (unpaired) electrons. The zero-order valence-corrected chi connectivity index (χ0v) is 13.0. The van der Waals surface area contributed by atoms with Gasteiger partial charge >= 0.3 is 0 Å². The second-order valence-electron chi connectivity index (χ2n) is 4.91. The molecule has 1 atom stereocenters. The van der Waals surface area contributed by atoms with Crippen LogP contribution in [0.2, 0.25) is 0 Å². The molecule has 0 saturated carbocycles. The summed E-state index contributed by atoms with van der Waals surface area (Å²) in [4.78, 5) is 14.2.